The van der Waals surface area contributed by atoms with Crippen molar-refractivity contribution in [2.45, 2.75) is 26.2 Å². The zero-order valence-electron chi connectivity index (χ0n) is 11.1. The van der Waals surface area contributed by atoms with Crippen LogP contribution in [0.5, 0.6) is 5.88 Å². The smallest absolute Gasteiger partial charge is 0.331 e. The molecule has 0 unspecified atom stereocenters. The summed E-state index contributed by atoms with van der Waals surface area (Å²) in [5.74, 6) is 0.654. The second-order valence-electron chi connectivity index (χ2n) is 3.98. The molecule has 0 radical (unpaired) electrons. The van der Waals surface area contributed by atoms with Gasteiger partial charge in [-0.25, -0.2) is 0 Å². The molecule has 0 bridgehead atoms. The Balaban J connectivity index is 2.76. The minimum atomic E-state index is -0.487. The maximum absolute atomic E-state index is 10.9. The Labute approximate surface area is 112 Å². The molecule has 6 heteroatoms. The van der Waals surface area contributed by atoms with Gasteiger partial charge in [0.05, 0.1) is 11.5 Å². The monoisotopic (exact) mass is 265 g/mol. The summed E-state index contributed by atoms with van der Waals surface area (Å²) in [5.41, 5.74) is -0.111. The van der Waals surface area contributed by atoms with Gasteiger partial charge in [0.1, 0.15) is 5.82 Å². The van der Waals surface area contributed by atoms with Crippen LogP contribution >= 0.6 is 0 Å². The maximum Gasteiger partial charge on any atom is 0.331 e. The summed E-state index contributed by atoms with van der Waals surface area (Å²) in [6, 6.07) is 3.00. The van der Waals surface area contributed by atoms with Crippen molar-refractivity contribution in [2.24, 2.45) is 0 Å². The molecular weight excluding hydrogens is 246 g/mol. The molecule has 1 heterocycles. The standard InChI is InChI=1S/C13H19N3O3/c1-3-5-6-10-19-13-11(16(17)18)7-8-12(15-13)14-9-4-2/h3,7-8H,1,4-6,9-10H2,2H3,(H,14,15). The molecule has 0 aliphatic rings. The van der Waals surface area contributed by atoms with Crippen molar-refractivity contribution < 1.29 is 9.66 Å². The molecule has 0 aliphatic carbocycles. The Hall–Kier alpha value is -2.11. The van der Waals surface area contributed by atoms with Crippen LogP contribution in [0, 0.1) is 10.1 Å². The Morgan fingerprint density at radius 2 is 2.37 bits per heavy atom. The zero-order chi connectivity index (χ0) is 14.1. The number of allylic oxidation sites excluding steroid dienone is 1. The lowest BCUT2D eigenvalue weighted by Crippen LogP contribution is -2.06. The van der Waals surface area contributed by atoms with E-state index in [2.05, 4.69) is 16.9 Å². The summed E-state index contributed by atoms with van der Waals surface area (Å²) >= 11 is 0. The van der Waals surface area contributed by atoms with Gasteiger partial charge in [-0.2, -0.15) is 4.98 Å². The third-order valence-corrected chi connectivity index (χ3v) is 2.38. The van der Waals surface area contributed by atoms with E-state index in [0.29, 0.717) is 12.4 Å². The fourth-order valence-corrected chi connectivity index (χ4v) is 1.43. The number of anilines is 1. The molecule has 0 saturated carbocycles. The third-order valence-electron chi connectivity index (χ3n) is 2.38. The van der Waals surface area contributed by atoms with Crippen LogP contribution < -0.4 is 10.1 Å². The maximum atomic E-state index is 10.9. The average molecular weight is 265 g/mol. The van der Waals surface area contributed by atoms with E-state index in [0.717, 1.165) is 25.8 Å². The second kappa shape index (κ2) is 8.07. The first-order valence-corrected chi connectivity index (χ1v) is 6.32. The minimum Gasteiger partial charge on any atom is -0.473 e. The number of nitrogens with zero attached hydrogens (tertiary/aromatic N) is 2. The van der Waals surface area contributed by atoms with E-state index in [-0.39, 0.29) is 11.6 Å². The lowest BCUT2D eigenvalue weighted by Gasteiger charge is -2.08. The van der Waals surface area contributed by atoms with E-state index in [9.17, 15) is 10.1 Å². The number of unbranched alkanes of at least 4 members (excludes halogenated alkanes) is 1. The van der Waals surface area contributed by atoms with Crippen molar-refractivity contribution in [2.75, 3.05) is 18.5 Å². The normalized spacial score (nSPS) is 9.95. The van der Waals surface area contributed by atoms with Crippen molar-refractivity contribution in [3.63, 3.8) is 0 Å². The van der Waals surface area contributed by atoms with E-state index in [1.165, 1.54) is 6.07 Å². The van der Waals surface area contributed by atoms with E-state index in [1.54, 1.807) is 12.1 Å². The van der Waals surface area contributed by atoms with E-state index in [1.807, 2.05) is 6.92 Å². The zero-order valence-corrected chi connectivity index (χ0v) is 11.1. The van der Waals surface area contributed by atoms with Crippen LogP contribution in [0.1, 0.15) is 26.2 Å². The fourth-order valence-electron chi connectivity index (χ4n) is 1.43. The van der Waals surface area contributed by atoms with Gasteiger partial charge in [0.2, 0.25) is 0 Å². The SMILES string of the molecule is C=CCCCOc1nc(NCCC)ccc1[N+](=O)[O-]. The second-order valence-corrected chi connectivity index (χ2v) is 3.98. The van der Waals surface area contributed by atoms with Gasteiger partial charge in [0.25, 0.3) is 5.88 Å². The van der Waals surface area contributed by atoms with E-state index < -0.39 is 4.92 Å². The highest BCUT2D eigenvalue weighted by molar-refractivity contribution is 5.49. The highest BCUT2D eigenvalue weighted by atomic mass is 16.6. The van der Waals surface area contributed by atoms with Crippen molar-refractivity contribution in [3.05, 3.63) is 34.9 Å². The van der Waals surface area contributed by atoms with Crippen LogP contribution in [0.15, 0.2) is 24.8 Å². The molecule has 0 aliphatic heterocycles. The first-order valence-electron chi connectivity index (χ1n) is 6.32. The lowest BCUT2D eigenvalue weighted by molar-refractivity contribution is -0.386. The fraction of sp³-hybridized carbons (Fsp3) is 0.462. The highest BCUT2D eigenvalue weighted by Crippen LogP contribution is 2.26. The molecule has 1 aromatic heterocycles. The molecule has 1 N–H and O–H groups in total. The Morgan fingerprint density at radius 1 is 1.58 bits per heavy atom. The van der Waals surface area contributed by atoms with Crippen molar-refractivity contribution in [3.8, 4) is 5.88 Å². The summed E-state index contributed by atoms with van der Waals surface area (Å²) < 4.78 is 5.38. The number of hydrogen-bond acceptors (Lipinski definition) is 5. The topological polar surface area (TPSA) is 77.3 Å². The summed E-state index contributed by atoms with van der Waals surface area (Å²) in [6.07, 6.45) is 4.30. The number of nitro groups is 1. The number of aromatic nitrogens is 1. The van der Waals surface area contributed by atoms with Gasteiger partial charge < -0.3 is 10.1 Å². The molecule has 1 rings (SSSR count). The first kappa shape index (κ1) is 14.9. The molecular formula is C13H19N3O3. The van der Waals surface area contributed by atoms with Gasteiger partial charge in [-0.15, -0.1) is 6.58 Å². The summed E-state index contributed by atoms with van der Waals surface area (Å²) in [5, 5.41) is 14.0. The largest absolute Gasteiger partial charge is 0.473 e. The van der Waals surface area contributed by atoms with Gasteiger partial charge in [0, 0.05) is 12.6 Å². The van der Waals surface area contributed by atoms with E-state index >= 15 is 0 Å². The predicted octanol–water partition coefficient (Wildman–Crippen LogP) is 3.16. The summed E-state index contributed by atoms with van der Waals surface area (Å²) in [4.78, 5) is 14.5. The molecule has 1 aromatic rings. The number of rotatable bonds is 9. The summed E-state index contributed by atoms with van der Waals surface area (Å²) in [7, 11) is 0. The number of ether oxygens (including phenoxy) is 1. The number of hydrogen-bond donors (Lipinski definition) is 1. The molecule has 0 fully saturated rings. The molecule has 0 saturated heterocycles. The molecule has 6 nitrogen and oxygen atoms in total. The molecule has 0 spiro atoms. The van der Waals surface area contributed by atoms with Crippen LogP contribution in [-0.2, 0) is 0 Å². The van der Waals surface area contributed by atoms with Crippen molar-refractivity contribution in [1.29, 1.82) is 0 Å². The quantitative estimate of drug-likeness (QED) is 0.321. The van der Waals surface area contributed by atoms with Crippen LogP contribution in [0.4, 0.5) is 11.5 Å². The van der Waals surface area contributed by atoms with Gasteiger partial charge in [-0.1, -0.05) is 13.0 Å². The molecule has 19 heavy (non-hydrogen) atoms. The van der Waals surface area contributed by atoms with E-state index in [4.69, 9.17) is 4.74 Å². The Bertz CT molecular complexity index is 435. The lowest BCUT2D eigenvalue weighted by atomic mass is 10.3. The van der Waals surface area contributed by atoms with Crippen LogP contribution in [0.25, 0.3) is 0 Å². The average Bonchev–Trinajstić information content (AvgIpc) is 2.41. The minimum absolute atomic E-state index is 0.0650. The van der Waals surface area contributed by atoms with Gasteiger partial charge in [0.15, 0.2) is 0 Å². The van der Waals surface area contributed by atoms with Crippen LogP contribution in [0.2, 0.25) is 0 Å². The van der Waals surface area contributed by atoms with Crippen LogP contribution in [-0.4, -0.2) is 23.1 Å². The molecule has 0 atom stereocenters. The van der Waals surface area contributed by atoms with Gasteiger partial charge in [-0.3, -0.25) is 10.1 Å². The molecule has 0 aromatic carbocycles. The molecule has 0 amide bonds. The highest BCUT2D eigenvalue weighted by Gasteiger charge is 2.17. The third kappa shape index (κ3) is 4.95. The molecule has 104 valence electrons. The Kier molecular flexibility index (Phi) is 6.35. The number of pyridine rings is 1. The van der Waals surface area contributed by atoms with Gasteiger partial charge in [-0.05, 0) is 25.3 Å². The Morgan fingerprint density at radius 3 is 3.00 bits per heavy atom. The number of nitrogens with one attached hydrogen (secondary N) is 1. The van der Waals surface area contributed by atoms with Gasteiger partial charge >= 0.3 is 5.69 Å². The van der Waals surface area contributed by atoms with Crippen molar-refractivity contribution in [1.82, 2.24) is 4.98 Å². The summed E-state index contributed by atoms with van der Waals surface area (Å²) in [6.45, 7) is 6.79. The predicted molar refractivity (Wildman–Crippen MR) is 74.6 cm³/mol. The first-order chi connectivity index (χ1) is 9.19. The van der Waals surface area contributed by atoms with Crippen molar-refractivity contribution >= 4 is 11.5 Å². The van der Waals surface area contributed by atoms with Crippen LogP contribution in [0.3, 0.4) is 0 Å².